The fourth-order valence-electron chi connectivity index (χ4n) is 3.09. The number of hydrogen-bond acceptors (Lipinski definition) is 3. The lowest BCUT2D eigenvalue weighted by Gasteiger charge is -2.34. The SMILES string of the molecule is CCOc1ccc(C(=O)N(C)C2CCCC(C)C2)cc1N. The number of benzene rings is 1. The number of rotatable bonds is 4. The van der Waals surface area contributed by atoms with Gasteiger partial charge in [0.15, 0.2) is 0 Å². The molecule has 2 unspecified atom stereocenters. The normalized spacial score (nSPS) is 21.9. The molecular formula is C17H26N2O2. The first-order valence-electron chi connectivity index (χ1n) is 7.82. The maximum atomic E-state index is 12.6. The summed E-state index contributed by atoms with van der Waals surface area (Å²) in [6.07, 6.45) is 4.66. The standard InChI is InChI=1S/C17H26N2O2/c1-4-21-16-9-8-13(11-15(16)18)17(20)19(3)14-7-5-6-12(2)10-14/h8-9,11-12,14H,4-7,10,18H2,1-3H3. The molecule has 0 aliphatic heterocycles. The monoisotopic (exact) mass is 290 g/mol. The van der Waals surface area contributed by atoms with E-state index in [1.807, 2.05) is 18.9 Å². The van der Waals surface area contributed by atoms with Crippen LogP contribution in [0, 0.1) is 5.92 Å². The summed E-state index contributed by atoms with van der Waals surface area (Å²) in [5.41, 5.74) is 7.11. The molecule has 1 aromatic rings. The van der Waals surface area contributed by atoms with E-state index < -0.39 is 0 Å². The second-order valence-corrected chi connectivity index (χ2v) is 6.03. The van der Waals surface area contributed by atoms with E-state index in [1.54, 1.807) is 18.2 Å². The van der Waals surface area contributed by atoms with E-state index in [0.717, 1.165) is 12.8 Å². The fourth-order valence-corrected chi connectivity index (χ4v) is 3.09. The molecule has 0 saturated heterocycles. The van der Waals surface area contributed by atoms with Crippen LogP contribution in [0.4, 0.5) is 5.69 Å². The molecule has 0 heterocycles. The van der Waals surface area contributed by atoms with Crippen LogP contribution in [-0.4, -0.2) is 30.5 Å². The summed E-state index contributed by atoms with van der Waals surface area (Å²) >= 11 is 0. The van der Waals surface area contributed by atoms with Crippen LogP contribution in [0.2, 0.25) is 0 Å². The van der Waals surface area contributed by atoms with Gasteiger partial charge in [-0.05, 0) is 43.9 Å². The van der Waals surface area contributed by atoms with E-state index in [0.29, 0.717) is 35.6 Å². The molecular weight excluding hydrogens is 264 g/mol. The van der Waals surface area contributed by atoms with Crippen LogP contribution >= 0.6 is 0 Å². The minimum Gasteiger partial charge on any atom is -0.492 e. The summed E-state index contributed by atoms with van der Waals surface area (Å²) in [6, 6.07) is 5.64. The van der Waals surface area contributed by atoms with Crippen molar-refractivity contribution in [2.24, 2.45) is 5.92 Å². The highest BCUT2D eigenvalue weighted by Gasteiger charge is 2.26. The average molecular weight is 290 g/mol. The van der Waals surface area contributed by atoms with Crippen molar-refractivity contribution in [2.45, 2.75) is 45.6 Å². The molecule has 116 valence electrons. The first-order chi connectivity index (χ1) is 10.0. The topological polar surface area (TPSA) is 55.6 Å². The molecule has 0 spiro atoms. The minimum absolute atomic E-state index is 0.0452. The third-order valence-electron chi connectivity index (χ3n) is 4.33. The number of nitrogen functional groups attached to an aromatic ring is 1. The summed E-state index contributed by atoms with van der Waals surface area (Å²) in [5, 5.41) is 0. The fraction of sp³-hybridized carbons (Fsp3) is 0.588. The maximum Gasteiger partial charge on any atom is 0.253 e. The predicted octanol–water partition coefficient (Wildman–Crippen LogP) is 3.32. The molecule has 1 aliphatic rings. The van der Waals surface area contributed by atoms with Crippen LogP contribution in [0.25, 0.3) is 0 Å². The molecule has 2 N–H and O–H groups in total. The Kier molecular flexibility index (Phi) is 5.10. The lowest BCUT2D eigenvalue weighted by Crippen LogP contribution is -2.39. The molecule has 0 bridgehead atoms. The van der Waals surface area contributed by atoms with Gasteiger partial charge in [-0.2, -0.15) is 0 Å². The molecule has 4 heteroatoms. The Balaban J connectivity index is 2.10. The largest absolute Gasteiger partial charge is 0.492 e. The van der Waals surface area contributed by atoms with Crippen molar-refractivity contribution >= 4 is 11.6 Å². The van der Waals surface area contributed by atoms with Crippen molar-refractivity contribution in [2.75, 3.05) is 19.4 Å². The smallest absolute Gasteiger partial charge is 0.253 e. The van der Waals surface area contributed by atoms with Gasteiger partial charge >= 0.3 is 0 Å². The molecule has 1 fully saturated rings. The molecule has 2 rings (SSSR count). The van der Waals surface area contributed by atoms with Gasteiger partial charge in [0.05, 0.1) is 12.3 Å². The average Bonchev–Trinajstić information content (AvgIpc) is 2.48. The lowest BCUT2D eigenvalue weighted by molar-refractivity contribution is 0.0672. The van der Waals surface area contributed by atoms with Crippen molar-refractivity contribution in [3.8, 4) is 5.75 Å². The van der Waals surface area contributed by atoms with Gasteiger partial charge in [0, 0.05) is 18.7 Å². The first kappa shape index (κ1) is 15.7. The van der Waals surface area contributed by atoms with E-state index in [4.69, 9.17) is 10.5 Å². The molecule has 0 aromatic heterocycles. The van der Waals surface area contributed by atoms with E-state index in [-0.39, 0.29) is 5.91 Å². The van der Waals surface area contributed by atoms with Gasteiger partial charge in [-0.1, -0.05) is 19.8 Å². The summed E-state index contributed by atoms with van der Waals surface area (Å²) in [4.78, 5) is 14.5. The Morgan fingerprint density at radius 2 is 2.19 bits per heavy atom. The summed E-state index contributed by atoms with van der Waals surface area (Å²) in [6.45, 7) is 4.74. The highest BCUT2D eigenvalue weighted by Crippen LogP contribution is 2.28. The second-order valence-electron chi connectivity index (χ2n) is 6.03. The van der Waals surface area contributed by atoms with Gasteiger partial charge < -0.3 is 15.4 Å². The van der Waals surface area contributed by atoms with E-state index >= 15 is 0 Å². The zero-order chi connectivity index (χ0) is 15.4. The first-order valence-corrected chi connectivity index (χ1v) is 7.82. The Hall–Kier alpha value is -1.71. The maximum absolute atomic E-state index is 12.6. The Bertz CT molecular complexity index is 502. The van der Waals surface area contributed by atoms with E-state index in [9.17, 15) is 4.79 Å². The van der Waals surface area contributed by atoms with Crippen LogP contribution in [0.5, 0.6) is 5.75 Å². The quantitative estimate of drug-likeness (QED) is 0.865. The van der Waals surface area contributed by atoms with Crippen molar-refractivity contribution in [1.82, 2.24) is 4.90 Å². The zero-order valence-electron chi connectivity index (χ0n) is 13.3. The number of amides is 1. The van der Waals surface area contributed by atoms with Gasteiger partial charge in [0.2, 0.25) is 0 Å². The van der Waals surface area contributed by atoms with Crippen molar-refractivity contribution in [1.29, 1.82) is 0 Å². The molecule has 21 heavy (non-hydrogen) atoms. The van der Waals surface area contributed by atoms with Gasteiger partial charge in [-0.25, -0.2) is 0 Å². The lowest BCUT2D eigenvalue weighted by atomic mass is 9.86. The van der Waals surface area contributed by atoms with Gasteiger partial charge in [-0.15, -0.1) is 0 Å². The molecule has 1 saturated carbocycles. The van der Waals surface area contributed by atoms with Gasteiger partial charge in [0.1, 0.15) is 5.75 Å². The van der Waals surface area contributed by atoms with Crippen molar-refractivity contribution in [3.05, 3.63) is 23.8 Å². The van der Waals surface area contributed by atoms with Crippen LogP contribution < -0.4 is 10.5 Å². The highest BCUT2D eigenvalue weighted by molar-refractivity contribution is 5.95. The predicted molar refractivity (Wildman–Crippen MR) is 85.5 cm³/mol. The molecule has 2 atom stereocenters. The van der Waals surface area contributed by atoms with Crippen LogP contribution in [0.15, 0.2) is 18.2 Å². The van der Waals surface area contributed by atoms with Crippen molar-refractivity contribution < 1.29 is 9.53 Å². The molecule has 1 amide bonds. The van der Waals surface area contributed by atoms with Crippen molar-refractivity contribution in [3.63, 3.8) is 0 Å². The van der Waals surface area contributed by atoms with Crippen LogP contribution in [-0.2, 0) is 0 Å². The molecule has 1 aromatic carbocycles. The number of carbonyl (C=O) groups is 1. The Labute approximate surface area is 127 Å². The van der Waals surface area contributed by atoms with Gasteiger partial charge in [-0.3, -0.25) is 4.79 Å². The van der Waals surface area contributed by atoms with Crippen LogP contribution in [0.1, 0.15) is 49.9 Å². The number of ether oxygens (including phenoxy) is 1. The molecule has 0 radical (unpaired) electrons. The van der Waals surface area contributed by atoms with Crippen LogP contribution in [0.3, 0.4) is 0 Å². The van der Waals surface area contributed by atoms with E-state index in [1.165, 1.54) is 12.8 Å². The van der Waals surface area contributed by atoms with E-state index in [2.05, 4.69) is 6.92 Å². The summed E-state index contributed by atoms with van der Waals surface area (Å²) < 4.78 is 5.41. The highest BCUT2D eigenvalue weighted by atomic mass is 16.5. The third kappa shape index (κ3) is 3.69. The number of nitrogens with two attached hydrogens (primary N) is 1. The number of carbonyl (C=O) groups excluding carboxylic acids is 1. The summed E-state index contributed by atoms with van der Waals surface area (Å²) in [7, 11) is 1.90. The Morgan fingerprint density at radius 1 is 1.43 bits per heavy atom. The van der Waals surface area contributed by atoms with Gasteiger partial charge in [0.25, 0.3) is 5.91 Å². The molecule has 4 nitrogen and oxygen atoms in total. The zero-order valence-corrected chi connectivity index (χ0v) is 13.3. The third-order valence-corrected chi connectivity index (χ3v) is 4.33. The number of nitrogens with zero attached hydrogens (tertiary/aromatic N) is 1. The summed E-state index contributed by atoms with van der Waals surface area (Å²) in [5.74, 6) is 1.39. The number of anilines is 1. The number of hydrogen-bond donors (Lipinski definition) is 1. The minimum atomic E-state index is 0.0452. The second kappa shape index (κ2) is 6.83. The Morgan fingerprint density at radius 3 is 2.81 bits per heavy atom. The molecule has 1 aliphatic carbocycles.